The van der Waals surface area contributed by atoms with Crippen molar-refractivity contribution >= 4 is 20.2 Å². The van der Waals surface area contributed by atoms with Gasteiger partial charge in [-0.25, -0.2) is 0 Å². The molecule has 6 nitrogen and oxygen atoms in total. The fraction of sp³-hybridized carbons (Fsp3) is 1.00. The Kier molecular flexibility index (Phi) is 7.22. The summed E-state index contributed by atoms with van der Waals surface area (Å²) in [5, 5.41) is 0. The van der Waals surface area contributed by atoms with E-state index in [1.807, 2.05) is 6.92 Å². The van der Waals surface area contributed by atoms with E-state index in [4.69, 9.17) is 4.18 Å². The predicted octanol–water partition coefficient (Wildman–Crippen LogP) is 0.888. The van der Waals surface area contributed by atoms with Gasteiger partial charge in [0.15, 0.2) is 0 Å². The van der Waals surface area contributed by atoms with Crippen LogP contribution in [0.1, 0.15) is 32.6 Å². The monoisotopic (exact) mass is 288 g/mol. The zero-order chi connectivity index (χ0) is 13.5. The van der Waals surface area contributed by atoms with E-state index in [1.54, 1.807) is 0 Å². The van der Waals surface area contributed by atoms with Gasteiger partial charge in [-0.1, -0.05) is 26.2 Å². The lowest BCUT2D eigenvalue weighted by Crippen LogP contribution is -2.24. The summed E-state index contributed by atoms with van der Waals surface area (Å²) in [6.07, 6.45) is 4.24. The van der Waals surface area contributed by atoms with Crippen molar-refractivity contribution in [3.8, 4) is 0 Å². The first-order valence-electron chi connectivity index (χ1n) is 5.36. The van der Waals surface area contributed by atoms with E-state index in [9.17, 15) is 16.8 Å². The highest BCUT2D eigenvalue weighted by atomic mass is 32.2. The molecule has 0 rings (SSSR count). The van der Waals surface area contributed by atoms with Crippen LogP contribution in [0.5, 0.6) is 0 Å². The fourth-order valence-corrected chi connectivity index (χ4v) is 2.27. The lowest BCUT2D eigenvalue weighted by molar-refractivity contribution is 0.129. The van der Waals surface area contributed by atoms with Crippen molar-refractivity contribution in [3.05, 3.63) is 0 Å². The Labute approximate surface area is 104 Å². The molecule has 0 aliphatic heterocycles. The number of hydrogen-bond donors (Lipinski definition) is 0. The van der Waals surface area contributed by atoms with Crippen LogP contribution in [0.15, 0.2) is 0 Å². The molecule has 1 unspecified atom stereocenters. The fourth-order valence-electron chi connectivity index (χ4n) is 1.23. The Bertz CT molecular complexity index is 397. The molecule has 0 saturated carbocycles. The average molecular weight is 288 g/mol. The molecule has 8 heteroatoms. The minimum Gasteiger partial charge on any atom is -0.268 e. The van der Waals surface area contributed by atoms with Gasteiger partial charge in [0, 0.05) is 0 Å². The maximum absolute atomic E-state index is 11.0. The summed E-state index contributed by atoms with van der Waals surface area (Å²) >= 11 is 0. The van der Waals surface area contributed by atoms with Crippen LogP contribution in [0.25, 0.3) is 0 Å². The van der Waals surface area contributed by atoms with Crippen molar-refractivity contribution in [2.45, 2.75) is 38.7 Å². The second-order valence-electron chi connectivity index (χ2n) is 3.91. The molecule has 1 atom stereocenters. The molecule has 0 spiro atoms. The predicted molar refractivity (Wildman–Crippen MR) is 64.7 cm³/mol. The second kappa shape index (κ2) is 7.30. The molecular weight excluding hydrogens is 268 g/mol. The molecule has 0 aromatic rings. The average Bonchev–Trinajstić information content (AvgIpc) is 2.11. The van der Waals surface area contributed by atoms with Crippen LogP contribution in [0.2, 0.25) is 0 Å². The van der Waals surface area contributed by atoms with Crippen molar-refractivity contribution in [2.75, 3.05) is 19.1 Å². The van der Waals surface area contributed by atoms with Crippen LogP contribution >= 0.6 is 0 Å². The zero-order valence-corrected chi connectivity index (χ0v) is 12.0. The Morgan fingerprint density at radius 1 is 1.00 bits per heavy atom. The Morgan fingerprint density at radius 3 is 2.00 bits per heavy atom. The first kappa shape index (κ1) is 16.8. The van der Waals surface area contributed by atoms with Crippen LogP contribution in [0.4, 0.5) is 0 Å². The van der Waals surface area contributed by atoms with Gasteiger partial charge in [0.05, 0.1) is 19.1 Å². The third-order valence-electron chi connectivity index (χ3n) is 1.91. The second-order valence-corrected chi connectivity index (χ2v) is 7.15. The van der Waals surface area contributed by atoms with Gasteiger partial charge < -0.3 is 0 Å². The standard InChI is InChI=1S/C9H20O6S2/c1-4-5-6-7-9(15-17(3,12)13)8-14-16(2,10)11/h9H,4-8H2,1-3H3. The van der Waals surface area contributed by atoms with Crippen molar-refractivity contribution < 1.29 is 25.2 Å². The summed E-state index contributed by atoms with van der Waals surface area (Å²) in [7, 11) is -7.18. The Balaban J connectivity index is 4.30. The van der Waals surface area contributed by atoms with Crippen molar-refractivity contribution in [2.24, 2.45) is 0 Å². The summed E-state index contributed by atoms with van der Waals surface area (Å²) in [5.41, 5.74) is 0. The van der Waals surface area contributed by atoms with Crippen LogP contribution in [0.3, 0.4) is 0 Å². The van der Waals surface area contributed by atoms with Gasteiger partial charge in [0.2, 0.25) is 0 Å². The highest BCUT2D eigenvalue weighted by molar-refractivity contribution is 7.86. The largest absolute Gasteiger partial charge is 0.268 e. The minimum absolute atomic E-state index is 0.268. The van der Waals surface area contributed by atoms with Gasteiger partial charge in [0.1, 0.15) is 6.10 Å². The lowest BCUT2D eigenvalue weighted by atomic mass is 10.1. The van der Waals surface area contributed by atoms with E-state index in [1.165, 1.54) is 0 Å². The van der Waals surface area contributed by atoms with Crippen LogP contribution in [-0.4, -0.2) is 42.1 Å². The summed E-state index contributed by atoms with van der Waals surface area (Å²) < 4.78 is 52.9. The van der Waals surface area contributed by atoms with E-state index >= 15 is 0 Å². The highest BCUT2D eigenvalue weighted by Gasteiger charge is 2.17. The minimum atomic E-state index is -3.60. The molecule has 0 amide bonds. The number of rotatable bonds is 9. The molecule has 0 N–H and O–H groups in total. The quantitative estimate of drug-likeness (QED) is 0.462. The van der Waals surface area contributed by atoms with Gasteiger partial charge in [-0.05, 0) is 6.42 Å². The molecule has 0 saturated heterocycles. The summed E-state index contributed by atoms with van der Waals surface area (Å²) in [6.45, 7) is 1.75. The molecular formula is C9H20O6S2. The van der Waals surface area contributed by atoms with Crippen molar-refractivity contribution in [1.29, 1.82) is 0 Å². The molecule has 0 radical (unpaired) electrons. The molecule has 104 valence electrons. The number of hydrogen-bond acceptors (Lipinski definition) is 6. The molecule has 0 aromatic heterocycles. The summed E-state index contributed by atoms with van der Waals surface area (Å²) in [6, 6.07) is 0. The molecule has 17 heavy (non-hydrogen) atoms. The zero-order valence-electron chi connectivity index (χ0n) is 10.4. The van der Waals surface area contributed by atoms with Crippen molar-refractivity contribution in [1.82, 2.24) is 0 Å². The Morgan fingerprint density at radius 2 is 1.59 bits per heavy atom. The van der Waals surface area contributed by atoms with E-state index in [2.05, 4.69) is 4.18 Å². The highest BCUT2D eigenvalue weighted by Crippen LogP contribution is 2.10. The first-order valence-corrected chi connectivity index (χ1v) is 9.00. The van der Waals surface area contributed by atoms with Gasteiger partial charge in [-0.3, -0.25) is 8.37 Å². The van der Waals surface area contributed by atoms with E-state index in [0.29, 0.717) is 6.42 Å². The summed E-state index contributed by atoms with van der Waals surface area (Å²) in [4.78, 5) is 0. The Hall–Kier alpha value is -0.180. The van der Waals surface area contributed by atoms with Crippen LogP contribution < -0.4 is 0 Å². The van der Waals surface area contributed by atoms with Crippen molar-refractivity contribution in [3.63, 3.8) is 0 Å². The molecule has 0 bridgehead atoms. The third kappa shape index (κ3) is 12.1. The van der Waals surface area contributed by atoms with Gasteiger partial charge in [0.25, 0.3) is 20.2 Å². The van der Waals surface area contributed by atoms with Crippen LogP contribution in [0, 0.1) is 0 Å². The van der Waals surface area contributed by atoms with E-state index in [0.717, 1.165) is 31.8 Å². The van der Waals surface area contributed by atoms with Gasteiger partial charge in [-0.2, -0.15) is 16.8 Å². The van der Waals surface area contributed by atoms with Crippen LogP contribution in [-0.2, 0) is 28.6 Å². The molecule has 0 fully saturated rings. The normalized spacial score (nSPS) is 14.8. The number of unbranched alkanes of at least 4 members (excludes halogenated alkanes) is 2. The SMILES string of the molecule is CCCCCC(COS(C)(=O)=O)OS(C)(=O)=O. The lowest BCUT2D eigenvalue weighted by Gasteiger charge is -2.15. The van der Waals surface area contributed by atoms with Gasteiger partial charge >= 0.3 is 0 Å². The maximum Gasteiger partial charge on any atom is 0.264 e. The third-order valence-corrected chi connectivity index (χ3v) is 3.09. The first-order chi connectivity index (χ1) is 7.64. The van der Waals surface area contributed by atoms with Gasteiger partial charge in [-0.15, -0.1) is 0 Å². The topological polar surface area (TPSA) is 86.7 Å². The van der Waals surface area contributed by atoms with E-state index in [-0.39, 0.29) is 6.61 Å². The molecule has 0 aliphatic carbocycles. The molecule has 0 aromatic carbocycles. The molecule has 0 heterocycles. The van der Waals surface area contributed by atoms with E-state index < -0.39 is 26.3 Å². The summed E-state index contributed by atoms with van der Waals surface area (Å²) in [5.74, 6) is 0. The molecule has 0 aliphatic rings. The maximum atomic E-state index is 11.0. The smallest absolute Gasteiger partial charge is 0.264 e.